The summed E-state index contributed by atoms with van der Waals surface area (Å²) in [4.78, 5) is 12.4. The fraction of sp³-hybridized carbons (Fsp3) is 0.0833. The molecule has 0 fully saturated rings. The van der Waals surface area contributed by atoms with E-state index in [4.69, 9.17) is 30.2 Å². The van der Waals surface area contributed by atoms with Crippen LogP contribution in [0.25, 0.3) is 0 Å². The Hall–Kier alpha value is -0.246. The van der Waals surface area contributed by atoms with Gasteiger partial charge in [-0.1, -0.05) is 0 Å². The second-order valence-corrected chi connectivity index (χ2v) is 13.8. The zero-order valence-corrected chi connectivity index (χ0v) is 12.9. The van der Waals surface area contributed by atoms with E-state index in [1.807, 2.05) is 0 Å². The van der Waals surface area contributed by atoms with Gasteiger partial charge in [0, 0.05) is 0 Å². The average molecular weight is 339 g/mol. The predicted octanol–water partition coefficient (Wildman–Crippen LogP) is 4.56. The van der Waals surface area contributed by atoms with Crippen molar-refractivity contribution in [2.75, 3.05) is 0 Å². The maximum atomic E-state index is 12.4. The number of carbonyl (C=O) groups is 1. The molecule has 94 valence electrons. The van der Waals surface area contributed by atoms with Gasteiger partial charge in [0.2, 0.25) is 0 Å². The number of phenolic OH excluding ortho intramolecular Hbond substituents is 1. The van der Waals surface area contributed by atoms with Crippen LogP contribution in [0.15, 0.2) is 42.5 Å². The molecule has 0 aliphatic heterocycles. The van der Waals surface area contributed by atoms with Gasteiger partial charge in [-0.05, 0) is 0 Å². The van der Waals surface area contributed by atoms with Gasteiger partial charge in [0.25, 0.3) is 0 Å². The zero-order chi connectivity index (χ0) is 13.3. The van der Waals surface area contributed by atoms with Crippen LogP contribution in [-0.4, -0.2) is 9.19 Å². The normalized spacial score (nSPS) is 15.3. The van der Waals surface area contributed by atoms with Crippen molar-refractivity contribution in [1.29, 1.82) is 0 Å². The van der Waals surface area contributed by atoms with E-state index in [-0.39, 0.29) is 19.6 Å². The van der Waals surface area contributed by atoms with Gasteiger partial charge in [0.1, 0.15) is 0 Å². The van der Waals surface area contributed by atoms with Gasteiger partial charge in [0.05, 0.1) is 0 Å². The van der Waals surface area contributed by atoms with Crippen molar-refractivity contribution in [3.63, 3.8) is 0 Å². The summed E-state index contributed by atoms with van der Waals surface area (Å²) >= 11 is 2.00. The van der Waals surface area contributed by atoms with Gasteiger partial charge in [-0.15, -0.1) is 0 Å². The molecule has 2 nitrogen and oxygen atoms in total. The third-order valence-electron chi connectivity index (χ3n) is 2.67. The number of phenols is 1. The summed E-state index contributed by atoms with van der Waals surface area (Å²) in [7, 11) is 12.6. The Kier molecular flexibility index (Phi) is 4.25. The molecule has 2 rings (SSSR count). The molecule has 0 unspecified atom stereocenters. The van der Waals surface area contributed by atoms with Crippen molar-refractivity contribution < 1.29 is 24.4 Å². The Morgan fingerprint density at radius 1 is 1.22 bits per heavy atom. The number of carbonyl (C=O) groups excluding carboxylic acids is 1. The van der Waals surface area contributed by atoms with Crippen LogP contribution in [0.2, 0.25) is 9.25 Å². The molecular weight excluding hydrogens is 330 g/mol. The Balaban J connectivity index is 2.38. The molecule has 1 aliphatic rings. The topological polar surface area (TPSA) is 37.3 Å². The summed E-state index contributed by atoms with van der Waals surface area (Å²) in [6.45, 7) is 0. The summed E-state index contributed by atoms with van der Waals surface area (Å²) in [5.74, 6) is -0.147. The van der Waals surface area contributed by atoms with E-state index in [9.17, 15) is 9.90 Å². The van der Waals surface area contributed by atoms with E-state index in [2.05, 4.69) is 0 Å². The summed E-state index contributed by atoms with van der Waals surface area (Å²) in [6.07, 6.45) is 7.22. The molecule has 0 amide bonds. The van der Waals surface area contributed by atoms with Crippen molar-refractivity contribution in [1.82, 2.24) is 0 Å². The van der Waals surface area contributed by atoms with Gasteiger partial charge in [0.15, 0.2) is 0 Å². The van der Waals surface area contributed by atoms with Gasteiger partial charge in [-0.3, -0.25) is 0 Å². The molecule has 1 aliphatic carbocycles. The first-order valence-corrected chi connectivity index (χ1v) is 11.5. The second-order valence-electron chi connectivity index (χ2n) is 3.91. The SMILES string of the molecule is O=[C](c1cc(Cl)ccc1O)[Ti]([Cl])([Cl])[CH]1C=CC=C1. The van der Waals surface area contributed by atoms with Gasteiger partial charge < -0.3 is 0 Å². The van der Waals surface area contributed by atoms with E-state index >= 15 is 0 Å². The van der Waals surface area contributed by atoms with Crippen LogP contribution in [0.3, 0.4) is 0 Å². The first kappa shape index (κ1) is 14.2. The van der Waals surface area contributed by atoms with Crippen LogP contribution in [0.5, 0.6) is 5.75 Å². The fourth-order valence-corrected chi connectivity index (χ4v) is 6.35. The number of rotatable bonds is 3. The molecule has 0 spiro atoms. The molecule has 1 aromatic rings. The quantitative estimate of drug-likeness (QED) is 0.820. The third kappa shape index (κ3) is 2.68. The van der Waals surface area contributed by atoms with Gasteiger partial charge in [-0.2, -0.15) is 0 Å². The van der Waals surface area contributed by atoms with E-state index < -0.39 is 14.5 Å². The first-order chi connectivity index (χ1) is 8.43. The molecule has 0 radical (unpaired) electrons. The maximum absolute atomic E-state index is 12.4. The first-order valence-electron chi connectivity index (χ1n) is 5.19. The van der Waals surface area contributed by atoms with E-state index in [1.54, 1.807) is 24.3 Å². The summed E-state index contributed by atoms with van der Waals surface area (Å²) in [5.41, 5.74) is 0.0983. The third-order valence-corrected chi connectivity index (χ3v) is 9.68. The minimum atomic E-state index is -3.81. The van der Waals surface area contributed by atoms with Crippen LogP contribution in [0.4, 0.5) is 0 Å². The molecule has 6 heteroatoms. The number of aromatic hydroxyl groups is 1. The number of allylic oxidation sites excluding steroid dienone is 4. The van der Waals surface area contributed by atoms with E-state index in [0.29, 0.717) is 5.02 Å². The second kappa shape index (κ2) is 5.40. The molecule has 0 atom stereocenters. The summed E-state index contributed by atoms with van der Waals surface area (Å²) < 4.78 is -0.626. The number of halogens is 3. The number of benzene rings is 1. The minimum absolute atomic E-state index is 0.0983. The van der Waals surface area contributed by atoms with Crippen LogP contribution < -0.4 is 0 Å². The molecule has 0 aromatic heterocycles. The molecular formula is C12H9Cl3O2Ti. The van der Waals surface area contributed by atoms with E-state index in [1.165, 1.54) is 18.2 Å². The molecule has 0 saturated carbocycles. The fourth-order valence-electron chi connectivity index (χ4n) is 1.69. The van der Waals surface area contributed by atoms with Crippen molar-refractivity contribution in [3.05, 3.63) is 53.1 Å². The molecule has 1 N–H and O–H groups in total. The Bertz CT molecular complexity index is 540. The van der Waals surface area contributed by atoms with Crippen molar-refractivity contribution >= 4 is 34.3 Å². The molecule has 0 saturated heterocycles. The van der Waals surface area contributed by atoms with Gasteiger partial charge in [-0.25, -0.2) is 0 Å². The predicted molar refractivity (Wildman–Crippen MR) is 71.2 cm³/mol. The number of hydrogen-bond donors (Lipinski definition) is 1. The molecule has 1 aromatic carbocycles. The summed E-state index contributed by atoms with van der Waals surface area (Å²) in [6, 6.07) is 4.26. The van der Waals surface area contributed by atoms with E-state index in [0.717, 1.165) is 0 Å². The molecule has 18 heavy (non-hydrogen) atoms. The van der Waals surface area contributed by atoms with Crippen LogP contribution in [0, 0.1) is 0 Å². The van der Waals surface area contributed by atoms with Gasteiger partial charge >= 0.3 is 122 Å². The van der Waals surface area contributed by atoms with Crippen LogP contribution >= 0.6 is 30.2 Å². The average Bonchev–Trinajstić information content (AvgIpc) is 2.85. The van der Waals surface area contributed by atoms with Crippen molar-refractivity contribution in [2.45, 2.75) is 4.22 Å². The monoisotopic (exact) mass is 338 g/mol. The van der Waals surface area contributed by atoms with Crippen molar-refractivity contribution in [2.24, 2.45) is 0 Å². The van der Waals surface area contributed by atoms with Crippen molar-refractivity contribution in [3.8, 4) is 5.75 Å². The Morgan fingerprint density at radius 3 is 2.44 bits per heavy atom. The zero-order valence-electron chi connectivity index (χ0n) is 9.11. The standard InChI is InChI=1S/C7H4ClO2.C5H5.2ClH.Ti/c8-6-1-2-7(10)5(3-6)4-9;1-2-4-5-3-1;;;/h1-3,10H;1-5H;2*1H;/q;;;;+2/p-2. The van der Waals surface area contributed by atoms with Crippen LogP contribution in [-0.2, 0) is 14.5 Å². The summed E-state index contributed by atoms with van der Waals surface area (Å²) in [5, 5.41) is 10.1. The molecule has 0 bridgehead atoms. The van der Waals surface area contributed by atoms with Crippen LogP contribution in [0.1, 0.15) is 10.4 Å². The Morgan fingerprint density at radius 2 is 1.83 bits per heavy atom. The Labute approximate surface area is 121 Å². The number of hydrogen-bond acceptors (Lipinski definition) is 2. The molecule has 0 heterocycles.